The molecule has 0 atom stereocenters. The Morgan fingerprint density at radius 1 is 0.944 bits per heavy atom. The summed E-state index contributed by atoms with van der Waals surface area (Å²) >= 11 is 6.25. The van der Waals surface area contributed by atoms with Gasteiger partial charge < -0.3 is 15.2 Å². The van der Waals surface area contributed by atoms with Gasteiger partial charge in [0.2, 0.25) is 0 Å². The van der Waals surface area contributed by atoms with Crippen molar-refractivity contribution in [1.82, 2.24) is 4.98 Å². The number of nitrogens with zero attached hydrogens (tertiary/aromatic N) is 1. The quantitative estimate of drug-likeness (QED) is 0.170. The zero-order valence-electron chi connectivity index (χ0n) is 20.9. The minimum Gasteiger partial charge on any atom is -0.505 e. The van der Waals surface area contributed by atoms with E-state index in [0.717, 1.165) is 24.6 Å². The predicted octanol–water partition coefficient (Wildman–Crippen LogP) is 7.92. The molecular weight excluding hydrogens is 476 g/mol. The van der Waals surface area contributed by atoms with Crippen molar-refractivity contribution in [2.45, 2.75) is 71.1 Å². The number of carbonyl (C=O) groups excluding carboxylic acids is 2. The van der Waals surface area contributed by atoms with Crippen LogP contribution < -0.4 is 5.32 Å². The molecule has 192 valence electrons. The van der Waals surface area contributed by atoms with Crippen LogP contribution in [0.3, 0.4) is 0 Å². The fourth-order valence-corrected chi connectivity index (χ4v) is 4.25. The third-order valence-corrected chi connectivity index (χ3v) is 6.50. The first-order valence-corrected chi connectivity index (χ1v) is 13.2. The summed E-state index contributed by atoms with van der Waals surface area (Å²) in [6, 6.07) is 11.4. The maximum absolute atomic E-state index is 12.8. The van der Waals surface area contributed by atoms with E-state index >= 15 is 0 Å². The molecule has 2 aromatic carbocycles. The summed E-state index contributed by atoms with van der Waals surface area (Å²) in [6.07, 6.45) is 13.6. The van der Waals surface area contributed by atoms with Gasteiger partial charge in [0.25, 0.3) is 5.91 Å². The highest BCUT2D eigenvalue weighted by Gasteiger charge is 2.17. The normalized spacial score (nSPS) is 10.9. The van der Waals surface area contributed by atoms with E-state index in [4.69, 9.17) is 16.3 Å². The molecule has 0 bridgehead atoms. The zero-order valence-corrected chi connectivity index (χ0v) is 21.7. The standard InChI is InChI=1S/C29H35ClN2O4/c1-2-3-4-5-6-7-8-9-10-11-19-36-29(35)22-15-17-24(30)25(20-22)32-28(34)23-16-14-21-13-12-18-31-26(21)27(23)33/h12-18,20,33H,2-11,19H2,1H3,(H,32,34). The molecule has 0 aliphatic carbocycles. The van der Waals surface area contributed by atoms with E-state index in [1.54, 1.807) is 30.5 Å². The third kappa shape index (κ3) is 7.95. The van der Waals surface area contributed by atoms with E-state index in [1.165, 1.54) is 63.1 Å². The van der Waals surface area contributed by atoms with Gasteiger partial charge in [0.1, 0.15) is 5.52 Å². The number of aromatic hydroxyl groups is 1. The van der Waals surface area contributed by atoms with Crippen LogP contribution in [0.2, 0.25) is 5.02 Å². The number of halogens is 1. The van der Waals surface area contributed by atoms with Gasteiger partial charge in [-0.3, -0.25) is 9.78 Å². The lowest BCUT2D eigenvalue weighted by atomic mass is 10.1. The van der Waals surface area contributed by atoms with E-state index < -0.39 is 11.9 Å². The van der Waals surface area contributed by atoms with Crippen LogP contribution in [0.5, 0.6) is 5.75 Å². The minimum absolute atomic E-state index is 0.0613. The molecule has 0 spiro atoms. The molecule has 1 amide bonds. The first-order chi connectivity index (χ1) is 17.5. The maximum Gasteiger partial charge on any atom is 0.338 e. The van der Waals surface area contributed by atoms with Crippen molar-refractivity contribution in [2.24, 2.45) is 0 Å². The van der Waals surface area contributed by atoms with Gasteiger partial charge >= 0.3 is 5.97 Å². The Kier molecular flexibility index (Phi) is 11.0. The number of phenolic OH excluding ortho intramolecular Hbond substituents is 1. The van der Waals surface area contributed by atoms with Crippen molar-refractivity contribution in [2.75, 3.05) is 11.9 Å². The Labute approximate surface area is 218 Å². The van der Waals surface area contributed by atoms with Gasteiger partial charge in [-0.1, -0.05) is 88.4 Å². The first-order valence-electron chi connectivity index (χ1n) is 12.9. The number of carbonyl (C=O) groups is 2. The summed E-state index contributed by atoms with van der Waals surface area (Å²) in [6.45, 7) is 2.59. The van der Waals surface area contributed by atoms with Crippen molar-refractivity contribution in [3.05, 3.63) is 64.8 Å². The number of hydrogen-bond acceptors (Lipinski definition) is 5. The molecule has 0 radical (unpaired) electrons. The van der Waals surface area contributed by atoms with Crippen molar-refractivity contribution in [3.8, 4) is 5.75 Å². The Balaban J connectivity index is 1.47. The number of ether oxygens (including phenoxy) is 1. The number of benzene rings is 2. The average molecular weight is 511 g/mol. The average Bonchev–Trinajstić information content (AvgIpc) is 2.88. The number of aromatic nitrogens is 1. The number of unbranched alkanes of at least 4 members (excludes halogenated alkanes) is 9. The maximum atomic E-state index is 12.8. The highest BCUT2D eigenvalue weighted by molar-refractivity contribution is 6.34. The van der Waals surface area contributed by atoms with Crippen LogP contribution in [-0.2, 0) is 4.74 Å². The molecule has 0 saturated heterocycles. The lowest BCUT2D eigenvalue weighted by Crippen LogP contribution is -2.14. The molecule has 3 aromatic rings. The summed E-state index contributed by atoms with van der Waals surface area (Å²) in [7, 11) is 0. The van der Waals surface area contributed by atoms with Gasteiger partial charge in [-0.05, 0) is 36.8 Å². The number of anilines is 1. The van der Waals surface area contributed by atoms with Gasteiger partial charge in [0, 0.05) is 11.6 Å². The second-order valence-corrected chi connectivity index (χ2v) is 9.41. The van der Waals surface area contributed by atoms with Crippen LogP contribution >= 0.6 is 11.6 Å². The lowest BCUT2D eigenvalue weighted by Gasteiger charge is -2.11. The number of hydrogen-bond donors (Lipinski definition) is 2. The van der Waals surface area contributed by atoms with Gasteiger partial charge in [-0.2, -0.15) is 0 Å². The smallest absolute Gasteiger partial charge is 0.338 e. The van der Waals surface area contributed by atoms with Crippen LogP contribution in [-0.4, -0.2) is 28.6 Å². The van der Waals surface area contributed by atoms with Crippen molar-refractivity contribution in [3.63, 3.8) is 0 Å². The van der Waals surface area contributed by atoms with Crippen molar-refractivity contribution >= 4 is 40.1 Å². The predicted molar refractivity (Wildman–Crippen MR) is 145 cm³/mol. The first kappa shape index (κ1) is 27.5. The molecule has 0 aliphatic heterocycles. The van der Waals surface area contributed by atoms with Crippen LogP contribution in [0.1, 0.15) is 91.8 Å². The Morgan fingerprint density at radius 2 is 1.64 bits per heavy atom. The number of nitrogens with one attached hydrogen (secondary N) is 1. The monoisotopic (exact) mass is 510 g/mol. The molecule has 3 rings (SSSR count). The molecule has 0 saturated carbocycles. The number of amides is 1. The van der Waals surface area contributed by atoms with Gasteiger partial charge in [0.05, 0.1) is 28.4 Å². The minimum atomic E-state index is -0.558. The molecule has 6 nitrogen and oxygen atoms in total. The van der Waals surface area contributed by atoms with Gasteiger partial charge in [-0.15, -0.1) is 0 Å². The van der Waals surface area contributed by atoms with Crippen molar-refractivity contribution in [1.29, 1.82) is 0 Å². The van der Waals surface area contributed by atoms with Crippen LogP contribution in [0.25, 0.3) is 10.9 Å². The van der Waals surface area contributed by atoms with E-state index in [9.17, 15) is 14.7 Å². The molecule has 0 aliphatic rings. The summed E-state index contributed by atoms with van der Waals surface area (Å²) in [5, 5.41) is 14.2. The zero-order chi connectivity index (χ0) is 25.8. The summed E-state index contributed by atoms with van der Waals surface area (Å²) in [4.78, 5) is 29.5. The van der Waals surface area contributed by atoms with Crippen molar-refractivity contribution < 1.29 is 19.4 Å². The van der Waals surface area contributed by atoms with Gasteiger partial charge in [-0.25, -0.2) is 4.79 Å². The number of rotatable bonds is 14. The second-order valence-electron chi connectivity index (χ2n) is 9.00. The molecule has 1 aromatic heterocycles. The number of pyridine rings is 1. The number of esters is 1. The largest absolute Gasteiger partial charge is 0.505 e. The lowest BCUT2D eigenvalue weighted by molar-refractivity contribution is 0.0497. The Morgan fingerprint density at radius 3 is 2.36 bits per heavy atom. The molecule has 1 heterocycles. The highest BCUT2D eigenvalue weighted by atomic mass is 35.5. The van der Waals surface area contributed by atoms with E-state index in [2.05, 4.69) is 17.2 Å². The number of fused-ring (bicyclic) bond motifs is 1. The molecule has 36 heavy (non-hydrogen) atoms. The summed E-state index contributed by atoms with van der Waals surface area (Å²) in [5.74, 6) is -1.23. The summed E-state index contributed by atoms with van der Waals surface area (Å²) < 4.78 is 5.41. The molecule has 7 heteroatoms. The Hall–Kier alpha value is -3.12. The highest BCUT2D eigenvalue weighted by Crippen LogP contribution is 2.29. The fraction of sp³-hybridized carbons (Fsp3) is 0.414. The van der Waals surface area contributed by atoms with E-state index in [0.29, 0.717) is 17.7 Å². The third-order valence-electron chi connectivity index (χ3n) is 6.17. The fourth-order valence-electron chi connectivity index (χ4n) is 4.09. The molecule has 0 fully saturated rings. The van der Waals surface area contributed by atoms with E-state index in [-0.39, 0.29) is 22.0 Å². The number of phenols is 1. The Bertz CT molecular complexity index is 1170. The molecule has 0 unspecified atom stereocenters. The molecule has 2 N–H and O–H groups in total. The topological polar surface area (TPSA) is 88.5 Å². The van der Waals surface area contributed by atoms with Crippen LogP contribution in [0.4, 0.5) is 5.69 Å². The van der Waals surface area contributed by atoms with Gasteiger partial charge in [0.15, 0.2) is 5.75 Å². The molecular formula is C29H35ClN2O4. The SMILES string of the molecule is CCCCCCCCCCCCOC(=O)c1ccc(Cl)c(NC(=O)c2ccc3cccnc3c2O)c1. The van der Waals surface area contributed by atoms with E-state index in [1.807, 2.05) is 0 Å². The van der Waals surface area contributed by atoms with Crippen LogP contribution in [0.15, 0.2) is 48.7 Å². The van der Waals surface area contributed by atoms with Crippen LogP contribution in [0, 0.1) is 0 Å². The summed E-state index contributed by atoms with van der Waals surface area (Å²) in [5.41, 5.74) is 0.952. The second kappa shape index (κ2) is 14.4.